The molecule has 0 bridgehead atoms. The molecule has 1 N–H and O–H groups in total. The summed E-state index contributed by atoms with van der Waals surface area (Å²) in [6, 6.07) is 0. The number of carbonyl (C=O) groups is 2. The SMILES string of the molecule is C=C(C)C(=O)OC1C[C@@H]2OC(=O)C[C@@H]2C1CCC(C)(CCCCC)COCCO. The Balaban J connectivity index is 2.04. The quantitative estimate of drug-likeness (QED) is 0.282. The van der Waals surface area contributed by atoms with Crippen molar-refractivity contribution in [2.45, 2.75) is 84.3 Å². The third-order valence-electron chi connectivity index (χ3n) is 6.41. The molecule has 6 heteroatoms. The van der Waals surface area contributed by atoms with Gasteiger partial charge in [0.25, 0.3) is 0 Å². The Hall–Kier alpha value is -1.40. The van der Waals surface area contributed by atoms with Gasteiger partial charge in [-0.1, -0.05) is 39.7 Å². The average molecular weight is 411 g/mol. The van der Waals surface area contributed by atoms with Gasteiger partial charge in [-0.3, -0.25) is 4.79 Å². The molecule has 0 spiro atoms. The van der Waals surface area contributed by atoms with Gasteiger partial charge in [0.15, 0.2) is 0 Å². The Morgan fingerprint density at radius 3 is 2.76 bits per heavy atom. The number of aliphatic hydroxyl groups is 1. The summed E-state index contributed by atoms with van der Waals surface area (Å²) < 4.78 is 16.9. The monoisotopic (exact) mass is 410 g/mol. The van der Waals surface area contributed by atoms with Gasteiger partial charge < -0.3 is 19.3 Å². The molecule has 1 heterocycles. The molecule has 0 aromatic carbocycles. The predicted molar refractivity (Wildman–Crippen MR) is 110 cm³/mol. The first kappa shape index (κ1) is 23.9. The number of esters is 2. The van der Waals surface area contributed by atoms with Gasteiger partial charge in [0.2, 0.25) is 0 Å². The van der Waals surface area contributed by atoms with Crippen LogP contribution in [0.4, 0.5) is 0 Å². The first-order valence-corrected chi connectivity index (χ1v) is 11.0. The van der Waals surface area contributed by atoms with Crippen LogP contribution in [-0.4, -0.2) is 49.1 Å². The lowest BCUT2D eigenvalue weighted by molar-refractivity contribution is -0.148. The van der Waals surface area contributed by atoms with Gasteiger partial charge in [-0.05, 0) is 31.6 Å². The van der Waals surface area contributed by atoms with Gasteiger partial charge >= 0.3 is 11.9 Å². The second kappa shape index (κ2) is 11.1. The topological polar surface area (TPSA) is 82.1 Å². The summed E-state index contributed by atoms with van der Waals surface area (Å²) in [5.74, 6) is -0.295. The van der Waals surface area contributed by atoms with E-state index in [1.165, 1.54) is 12.8 Å². The third kappa shape index (κ3) is 6.82. The van der Waals surface area contributed by atoms with E-state index in [0.717, 1.165) is 25.7 Å². The molecule has 5 atom stereocenters. The maximum atomic E-state index is 12.1. The summed E-state index contributed by atoms with van der Waals surface area (Å²) in [6.07, 6.45) is 6.93. The Kier molecular flexibility index (Phi) is 9.15. The number of rotatable bonds is 13. The van der Waals surface area contributed by atoms with E-state index in [9.17, 15) is 9.59 Å². The molecule has 3 unspecified atom stereocenters. The highest BCUT2D eigenvalue weighted by Crippen LogP contribution is 2.46. The number of hydrogen-bond acceptors (Lipinski definition) is 6. The Morgan fingerprint density at radius 2 is 2.10 bits per heavy atom. The van der Waals surface area contributed by atoms with Crippen molar-refractivity contribution in [1.82, 2.24) is 0 Å². The molecular formula is C23H38O6. The highest BCUT2D eigenvalue weighted by Gasteiger charge is 2.51. The fourth-order valence-corrected chi connectivity index (χ4v) is 4.70. The molecule has 29 heavy (non-hydrogen) atoms. The van der Waals surface area contributed by atoms with Crippen LogP contribution in [0.25, 0.3) is 0 Å². The molecule has 0 radical (unpaired) electrons. The van der Waals surface area contributed by atoms with Crippen LogP contribution >= 0.6 is 0 Å². The number of ether oxygens (including phenoxy) is 3. The number of unbranched alkanes of at least 4 members (excludes halogenated alkanes) is 2. The number of aliphatic hydroxyl groups excluding tert-OH is 1. The fourth-order valence-electron chi connectivity index (χ4n) is 4.70. The number of hydrogen-bond donors (Lipinski definition) is 1. The summed E-state index contributed by atoms with van der Waals surface area (Å²) in [7, 11) is 0. The van der Waals surface area contributed by atoms with Crippen molar-refractivity contribution in [2.75, 3.05) is 19.8 Å². The van der Waals surface area contributed by atoms with Crippen molar-refractivity contribution in [3.05, 3.63) is 12.2 Å². The van der Waals surface area contributed by atoms with Crippen LogP contribution in [0.3, 0.4) is 0 Å². The normalized spacial score (nSPS) is 27.9. The van der Waals surface area contributed by atoms with E-state index >= 15 is 0 Å². The van der Waals surface area contributed by atoms with E-state index in [1.54, 1.807) is 6.92 Å². The van der Waals surface area contributed by atoms with E-state index in [2.05, 4.69) is 20.4 Å². The van der Waals surface area contributed by atoms with Crippen molar-refractivity contribution in [2.24, 2.45) is 17.3 Å². The summed E-state index contributed by atoms with van der Waals surface area (Å²) >= 11 is 0. The van der Waals surface area contributed by atoms with Crippen LogP contribution in [0.15, 0.2) is 12.2 Å². The van der Waals surface area contributed by atoms with Crippen molar-refractivity contribution >= 4 is 11.9 Å². The summed E-state index contributed by atoms with van der Waals surface area (Å²) in [5, 5.41) is 9.04. The molecule has 2 rings (SSSR count). The zero-order chi connectivity index (χ0) is 21.4. The molecule has 1 saturated carbocycles. The molecule has 1 aliphatic carbocycles. The molecule has 2 aliphatic rings. The lowest BCUT2D eigenvalue weighted by Gasteiger charge is -2.32. The minimum Gasteiger partial charge on any atom is -0.462 e. The van der Waals surface area contributed by atoms with Crippen LogP contribution in [0, 0.1) is 17.3 Å². The minimum atomic E-state index is -0.372. The van der Waals surface area contributed by atoms with Gasteiger partial charge in [0.05, 0.1) is 26.2 Å². The lowest BCUT2D eigenvalue weighted by Crippen LogP contribution is -2.30. The summed E-state index contributed by atoms with van der Waals surface area (Å²) in [5.41, 5.74) is 0.383. The molecule has 0 aromatic rings. The van der Waals surface area contributed by atoms with Crippen LogP contribution in [0.1, 0.15) is 72.1 Å². The Labute approximate surface area is 175 Å². The Bertz CT molecular complexity index is 562. The standard InChI is InChI=1S/C23H38O6/c1-5-6-7-9-23(4,15-27-12-11-24)10-8-17-18-13-21(25)28-20(18)14-19(17)29-22(26)16(2)3/h17-20,24H,2,5-15H2,1,3-4H3/t17?,18-,19?,20+,23?/m1/s1. The number of carbonyl (C=O) groups excluding carboxylic acids is 2. The maximum absolute atomic E-state index is 12.1. The fraction of sp³-hybridized carbons (Fsp3) is 0.826. The van der Waals surface area contributed by atoms with Crippen LogP contribution < -0.4 is 0 Å². The zero-order valence-corrected chi connectivity index (χ0v) is 18.3. The van der Waals surface area contributed by atoms with Crippen molar-refractivity contribution in [3.63, 3.8) is 0 Å². The van der Waals surface area contributed by atoms with Gasteiger partial charge in [-0.25, -0.2) is 4.79 Å². The zero-order valence-electron chi connectivity index (χ0n) is 18.3. The van der Waals surface area contributed by atoms with Gasteiger partial charge in [0.1, 0.15) is 12.2 Å². The van der Waals surface area contributed by atoms with E-state index in [0.29, 0.717) is 31.6 Å². The van der Waals surface area contributed by atoms with Gasteiger partial charge in [-0.2, -0.15) is 0 Å². The number of fused-ring (bicyclic) bond motifs is 1. The molecule has 0 amide bonds. The largest absolute Gasteiger partial charge is 0.462 e. The van der Waals surface area contributed by atoms with E-state index in [4.69, 9.17) is 19.3 Å². The second-order valence-corrected chi connectivity index (χ2v) is 9.10. The summed E-state index contributed by atoms with van der Waals surface area (Å²) in [6.45, 7) is 10.7. The van der Waals surface area contributed by atoms with Crippen molar-refractivity contribution in [3.8, 4) is 0 Å². The maximum Gasteiger partial charge on any atom is 0.333 e. The molecular weight excluding hydrogens is 372 g/mol. The first-order valence-electron chi connectivity index (χ1n) is 11.0. The molecule has 1 saturated heterocycles. The average Bonchev–Trinajstić information content (AvgIpc) is 3.16. The van der Waals surface area contributed by atoms with Crippen molar-refractivity contribution in [1.29, 1.82) is 0 Å². The smallest absolute Gasteiger partial charge is 0.333 e. The molecule has 166 valence electrons. The Morgan fingerprint density at radius 1 is 1.34 bits per heavy atom. The molecule has 6 nitrogen and oxygen atoms in total. The van der Waals surface area contributed by atoms with Gasteiger partial charge in [0, 0.05) is 23.8 Å². The second-order valence-electron chi connectivity index (χ2n) is 9.10. The van der Waals surface area contributed by atoms with E-state index < -0.39 is 0 Å². The van der Waals surface area contributed by atoms with Crippen LogP contribution in [0.5, 0.6) is 0 Å². The highest BCUT2D eigenvalue weighted by molar-refractivity contribution is 5.87. The lowest BCUT2D eigenvalue weighted by atomic mass is 9.76. The van der Waals surface area contributed by atoms with E-state index in [-0.39, 0.29) is 48.0 Å². The van der Waals surface area contributed by atoms with Crippen LogP contribution in [0.2, 0.25) is 0 Å². The molecule has 1 aliphatic heterocycles. The van der Waals surface area contributed by atoms with Crippen LogP contribution in [-0.2, 0) is 23.8 Å². The van der Waals surface area contributed by atoms with Gasteiger partial charge in [-0.15, -0.1) is 0 Å². The third-order valence-corrected chi connectivity index (χ3v) is 6.41. The highest BCUT2D eigenvalue weighted by atomic mass is 16.6. The van der Waals surface area contributed by atoms with E-state index in [1.807, 2.05) is 0 Å². The van der Waals surface area contributed by atoms with Crippen molar-refractivity contribution < 1.29 is 28.9 Å². The molecule has 2 fully saturated rings. The minimum absolute atomic E-state index is 0.00515. The predicted octanol–water partition coefficient (Wildman–Crippen LogP) is 3.80. The summed E-state index contributed by atoms with van der Waals surface area (Å²) in [4.78, 5) is 23.9. The first-order chi connectivity index (χ1) is 13.8. The molecule has 0 aromatic heterocycles.